The number of halogens is 1. The Hall–Kier alpha value is -2.01. The summed E-state index contributed by atoms with van der Waals surface area (Å²) in [4.78, 5) is 11.6. The first-order valence-electron chi connectivity index (χ1n) is 6.36. The summed E-state index contributed by atoms with van der Waals surface area (Å²) in [6.45, 7) is 4.06. The number of ether oxygens (including phenoxy) is 1. The lowest BCUT2D eigenvalue weighted by Crippen LogP contribution is -2.36. The van der Waals surface area contributed by atoms with E-state index >= 15 is 0 Å². The normalized spacial score (nSPS) is 11.9. The van der Waals surface area contributed by atoms with Gasteiger partial charge in [0.15, 0.2) is 6.10 Å². The Labute approximate surface area is 122 Å². The van der Waals surface area contributed by atoms with Gasteiger partial charge >= 0.3 is 0 Å². The molecule has 0 radical (unpaired) electrons. The van der Waals surface area contributed by atoms with Gasteiger partial charge in [-0.25, -0.2) is 4.68 Å². The Balaban J connectivity index is 2.14. The number of amides is 1. The number of nitrogens with one attached hydrogen (secondary N) is 1. The van der Waals surface area contributed by atoms with Crippen molar-refractivity contribution in [3.05, 3.63) is 41.6 Å². The first kappa shape index (κ1) is 14.4. The molecule has 0 aliphatic carbocycles. The lowest BCUT2D eigenvalue weighted by atomic mass is 10.3. The molecule has 6 heteroatoms. The zero-order valence-electron chi connectivity index (χ0n) is 11.3. The van der Waals surface area contributed by atoms with Crippen LogP contribution in [0.25, 0.3) is 5.69 Å². The molecule has 1 N–H and O–H groups in total. The maximum Gasteiger partial charge on any atom is 0.260 e. The summed E-state index contributed by atoms with van der Waals surface area (Å²) in [6.07, 6.45) is 1.00. The summed E-state index contributed by atoms with van der Waals surface area (Å²) in [6, 6.07) is 9.54. The van der Waals surface area contributed by atoms with Crippen LogP contribution >= 0.6 is 11.6 Å². The molecule has 20 heavy (non-hydrogen) atoms. The minimum atomic E-state index is -0.647. The third kappa shape index (κ3) is 3.30. The molecule has 0 aliphatic rings. The van der Waals surface area contributed by atoms with Gasteiger partial charge in [0.2, 0.25) is 0 Å². The van der Waals surface area contributed by atoms with Crippen LogP contribution in [0.1, 0.15) is 13.8 Å². The highest BCUT2D eigenvalue weighted by molar-refractivity contribution is 6.31. The van der Waals surface area contributed by atoms with E-state index in [-0.39, 0.29) is 11.8 Å². The van der Waals surface area contributed by atoms with Crippen LogP contribution < -0.4 is 10.1 Å². The number of carbonyl (C=O) groups is 1. The van der Waals surface area contributed by atoms with Crippen molar-refractivity contribution >= 4 is 17.5 Å². The number of benzene rings is 1. The van der Waals surface area contributed by atoms with Crippen LogP contribution in [0.3, 0.4) is 0 Å². The van der Waals surface area contributed by atoms with Crippen LogP contribution in [-0.4, -0.2) is 28.3 Å². The Morgan fingerprint density at radius 3 is 2.80 bits per heavy atom. The van der Waals surface area contributed by atoms with Crippen molar-refractivity contribution in [1.29, 1.82) is 0 Å². The molecule has 0 saturated heterocycles. The Morgan fingerprint density at radius 1 is 1.45 bits per heavy atom. The minimum Gasteiger partial charge on any atom is -0.462 e. The number of para-hydroxylation sites is 1. The van der Waals surface area contributed by atoms with Gasteiger partial charge in [0, 0.05) is 6.54 Å². The Morgan fingerprint density at radius 2 is 2.15 bits per heavy atom. The Kier molecular flexibility index (Phi) is 4.63. The number of nitrogens with zero attached hydrogens (tertiary/aromatic N) is 2. The number of carbonyl (C=O) groups excluding carboxylic acids is 1. The molecular formula is C14H16ClN3O2. The van der Waals surface area contributed by atoms with Crippen molar-refractivity contribution in [1.82, 2.24) is 15.1 Å². The van der Waals surface area contributed by atoms with Crippen LogP contribution in [0.2, 0.25) is 5.02 Å². The largest absolute Gasteiger partial charge is 0.462 e. The van der Waals surface area contributed by atoms with Gasteiger partial charge in [-0.05, 0) is 26.0 Å². The van der Waals surface area contributed by atoms with Gasteiger partial charge in [-0.3, -0.25) is 4.79 Å². The molecule has 0 bridgehead atoms. The molecule has 1 aromatic heterocycles. The maximum atomic E-state index is 11.6. The number of likely N-dealkylation sites (N-methyl/N-ethyl adjacent to an activating group) is 1. The second kappa shape index (κ2) is 6.43. The van der Waals surface area contributed by atoms with E-state index in [9.17, 15) is 4.79 Å². The van der Waals surface area contributed by atoms with Crippen LogP contribution in [0.15, 0.2) is 36.5 Å². The zero-order valence-corrected chi connectivity index (χ0v) is 12.1. The molecule has 0 aliphatic heterocycles. The van der Waals surface area contributed by atoms with Gasteiger partial charge in [-0.1, -0.05) is 29.8 Å². The van der Waals surface area contributed by atoms with Crippen LogP contribution in [-0.2, 0) is 4.79 Å². The van der Waals surface area contributed by atoms with Gasteiger partial charge in [0.25, 0.3) is 11.8 Å². The third-order valence-corrected chi connectivity index (χ3v) is 2.93. The summed E-state index contributed by atoms with van der Waals surface area (Å²) < 4.78 is 7.10. The summed E-state index contributed by atoms with van der Waals surface area (Å²) in [5.74, 6) is 0.0482. The monoisotopic (exact) mass is 293 g/mol. The average molecular weight is 294 g/mol. The maximum absolute atomic E-state index is 11.6. The van der Waals surface area contributed by atoms with Crippen LogP contribution in [0, 0.1) is 0 Å². The molecule has 1 amide bonds. The highest BCUT2D eigenvalue weighted by Gasteiger charge is 2.18. The van der Waals surface area contributed by atoms with Gasteiger partial charge in [0.05, 0.1) is 11.9 Å². The molecule has 0 saturated carbocycles. The predicted molar refractivity (Wildman–Crippen MR) is 77.3 cm³/mol. The molecule has 0 fully saturated rings. The number of rotatable bonds is 5. The van der Waals surface area contributed by atoms with E-state index in [1.165, 1.54) is 0 Å². The molecule has 1 heterocycles. The van der Waals surface area contributed by atoms with Crippen molar-refractivity contribution in [3.8, 4) is 11.6 Å². The van der Waals surface area contributed by atoms with Gasteiger partial charge in [-0.15, -0.1) is 5.10 Å². The van der Waals surface area contributed by atoms with Crippen molar-refractivity contribution in [3.63, 3.8) is 0 Å². The fraction of sp³-hybridized carbons (Fsp3) is 0.286. The quantitative estimate of drug-likeness (QED) is 0.921. The topological polar surface area (TPSA) is 56.1 Å². The molecule has 2 rings (SSSR count). The molecule has 2 aromatic rings. The highest BCUT2D eigenvalue weighted by Crippen LogP contribution is 2.24. The third-order valence-electron chi connectivity index (χ3n) is 2.67. The summed E-state index contributed by atoms with van der Waals surface area (Å²) in [5.41, 5.74) is 0.870. The van der Waals surface area contributed by atoms with E-state index in [0.717, 1.165) is 5.69 Å². The van der Waals surface area contributed by atoms with Crippen molar-refractivity contribution in [2.75, 3.05) is 6.54 Å². The minimum absolute atomic E-state index is 0.196. The Bertz CT molecular complexity index is 583. The van der Waals surface area contributed by atoms with Crippen LogP contribution in [0.4, 0.5) is 0 Å². The van der Waals surface area contributed by atoms with E-state index in [4.69, 9.17) is 16.3 Å². The first-order chi connectivity index (χ1) is 9.61. The summed E-state index contributed by atoms with van der Waals surface area (Å²) in [5, 5.41) is 7.29. The van der Waals surface area contributed by atoms with Gasteiger partial charge in [0.1, 0.15) is 5.02 Å². The standard InChI is InChI=1S/C14H16ClN3O2/c1-3-16-13(19)10(2)20-14-12(15)9-18(17-14)11-7-5-4-6-8-11/h4-10H,3H2,1-2H3,(H,16,19)/t10-/m1/s1. The molecule has 106 valence electrons. The zero-order chi connectivity index (χ0) is 14.5. The fourth-order valence-corrected chi connectivity index (χ4v) is 1.84. The number of hydrogen-bond donors (Lipinski definition) is 1. The fourth-order valence-electron chi connectivity index (χ4n) is 1.67. The molecule has 1 aromatic carbocycles. The number of hydrogen-bond acceptors (Lipinski definition) is 3. The number of aromatic nitrogens is 2. The lowest BCUT2D eigenvalue weighted by Gasteiger charge is -2.11. The molecule has 1 atom stereocenters. The second-order valence-electron chi connectivity index (χ2n) is 4.22. The molecule has 0 unspecified atom stereocenters. The van der Waals surface area contributed by atoms with Crippen molar-refractivity contribution in [2.24, 2.45) is 0 Å². The highest BCUT2D eigenvalue weighted by atomic mass is 35.5. The van der Waals surface area contributed by atoms with E-state index in [0.29, 0.717) is 11.6 Å². The average Bonchev–Trinajstić information content (AvgIpc) is 2.81. The second-order valence-corrected chi connectivity index (χ2v) is 4.62. The van der Waals surface area contributed by atoms with Crippen LogP contribution in [0.5, 0.6) is 5.88 Å². The van der Waals surface area contributed by atoms with E-state index in [1.54, 1.807) is 17.8 Å². The van der Waals surface area contributed by atoms with E-state index < -0.39 is 6.10 Å². The van der Waals surface area contributed by atoms with E-state index in [1.807, 2.05) is 37.3 Å². The molecular weight excluding hydrogens is 278 g/mol. The SMILES string of the molecule is CCNC(=O)[C@@H](C)Oc1nn(-c2ccccc2)cc1Cl. The predicted octanol–water partition coefficient (Wildman–Crippen LogP) is 2.43. The summed E-state index contributed by atoms with van der Waals surface area (Å²) in [7, 11) is 0. The molecule has 0 spiro atoms. The van der Waals surface area contributed by atoms with E-state index in [2.05, 4.69) is 10.4 Å². The molecule has 5 nitrogen and oxygen atoms in total. The first-order valence-corrected chi connectivity index (χ1v) is 6.74. The van der Waals surface area contributed by atoms with Crippen molar-refractivity contribution in [2.45, 2.75) is 20.0 Å². The van der Waals surface area contributed by atoms with Crippen molar-refractivity contribution < 1.29 is 9.53 Å². The lowest BCUT2D eigenvalue weighted by molar-refractivity contribution is -0.127. The smallest absolute Gasteiger partial charge is 0.260 e. The summed E-state index contributed by atoms with van der Waals surface area (Å²) >= 11 is 6.08. The van der Waals surface area contributed by atoms with Gasteiger partial charge < -0.3 is 10.1 Å². The van der Waals surface area contributed by atoms with Gasteiger partial charge in [-0.2, -0.15) is 0 Å².